The van der Waals surface area contributed by atoms with Crippen LogP contribution in [0.5, 0.6) is 0 Å². The molecule has 0 amide bonds. The first-order chi connectivity index (χ1) is 5.71. The molecular weight excluding hydrogens is 170 g/mol. The number of nitrogens with zero attached hydrogens (tertiary/aromatic N) is 1. The van der Waals surface area contributed by atoms with Crippen molar-refractivity contribution in [2.24, 2.45) is 5.41 Å². The Bertz CT molecular complexity index is 287. The Morgan fingerprint density at radius 1 is 1.75 bits per heavy atom. The van der Waals surface area contributed by atoms with E-state index in [1.54, 1.807) is 23.0 Å². The van der Waals surface area contributed by atoms with Gasteiger partial charge in [-0.25, -0.2) is 0 Å². The normalized spacial score (nSPS) is 19.1. The Morgan fingerprint density at radius 3 is 3.00 bits per heavy atom. The van der Waals surface area contributed by atoms with Gasteiger partial charge in [-0.1, -0.05) is 6.92 Å². The fourth-order valence-electron chi connectivity index (χ4n) is 1.17. The molecule has 12 heavy (non-hydrogen) atoms. The van der Waals surface area contributed by atoms with Crippen molar-refractivity contribution in [2.75, 3.05) is 0 Å². The number of carbonyl (C=O) groups excluding carboxylic acids is 1. The van der Waals surface area contributed by atoms with Gasteiger partial charge in [0.25, 0.3) is 0 Å². The van der Waals surface area contributed by atoms with E-state index in [0.717, 1.165) is 17.7 Å². The maximum atomic E-state index is 11.6. The van der Waals surface area contributed by atoms with E-state index in [0.29, 0.717) is 12.2 Å². The Morgan fingerprint density at radius 2 is 2.50 bits per heavy atom. The van der Waals surface area contributed by atoms with Crippen molar-refractivity contribution in [2.45, 2.75) is 26.2 Å². The minimum absolute atomic E-state index is 0.0178. The second-order valence-electron chi connectivity index (χ2n) is 3.63. The molecule has 0 spiro atoms. The van der Waals surface area contributed by atoms with Crippen LogP contribution in [-0.4, -0.2) is 10.8 Å². The maximum absolute atomic E-state index is 11.6. The quantitative estimate of drug-likeness (QED) is 0.714. The van der Waals surface area contributed by atoms with Crippen LogP contribution in [0.3, 0.4) is 0 Å². The van der Waals surface area contributed by atoms with Crippen molar-refractivity contribution in [3.63, 3.8) is 0 Å². The predicted molar refractivity (Wildman–Crippen MR) is 48.2 cm³/mol. The van der Waals surface area contributed by atoms with Crippen molar-refractivity contribution in [3.05, 3.63) is 16.6 Å². The van der Waals surface area contributed by atoms with Crippen molar-refractivity contribution < 1.29 is 4.79 Å². The third kappa shape index (κ3) is 1.41. The van der Waals surface area contributed by atoms with Crippen LogP contribution in [0, 0.1) is 5.41 Å². The first kappa shape index (κ1) is 7.92. The second kappa shape index (κ2) is 2.66. The summed E-state index contributed by atoms with van der Waals surface area (Å²) in [6.45, 7) is 2.05. The summed E-state index contributed by atoms with van der Waals surface area (Å²) in [6, 6.07) is 0. The van der Waals surface area contributed by atoms with Gasteiger partial charge in [-0.05, 0) is 12.8 Å². The van der Waals surface area contributed by atoms with Gasteiger partial charge in [-0.2, -0.15) is 0 Å². The smallest absolute Gasteiger partial charge is 0.143 e. The van der Waals surface area contributed by atoms with E-state index in [-0.39, 0.29) is 5.41 Å². The van der Waals surface area contributed by atoms with E-state index in [2.05, 4.69) is 11.9 Å². The minimum atomic E-state index is 0.0178. The predicted octanol–water partition coefficient (Wildman–Crippen LogP) is 2.05. The number of Topliss-reactive ketones (excluding diaryl/α,β-unsaturated/α-hetero) is 1. The van der Waals surface area contributed by atoms with Gasteiger partial charge in [0.1, 0.15) is 5.78 Å². The molecule has 0 aliphatic heterocycles. The van der Waals surface area contributed by atoms with Crippen molar-refractivity contribution in [1.82, 2.24) is 4.98 Å². The molecular formula is C9H11NOS. The number of aromatic nitrogens is 1. The van der Waals surface area contributed by atoms with Gasteiger partial charge in [0.05, 0.1) is 5.51 Å². The maximum Gasteiger partial charge on any atom is 0.143 e. The summed E-state index contributed by atoms with van der Waals surface area (Å²) < 4.78 is 0. The number of thiazole rings is 1. The molecule has 0 saturated heterocycles. The van der Waals surface area contributed by atoms with Crippen molar-refractivity contribution >= 4 is 17.1 Å². The SMILES string of the molecule is CC1(C(=O)Cc2cncs2)CC1. The molecule has 0 unspecified atom stereocenters. The van der Waals surface area contributed by atoms with Gasteiger partial charge >= 0.3 is 0 Å². The van der Waals surface area contributed by atoms with Crippen LogP contribution >= 0.6 is 11.3 Å². The molecule has 0 atom stereocenters. The van der Waals surface area contributed by atoms with Crippen LogP contribution in [0.2, 0.25) is 0 Å². The number of carbonyl (C=O) groups is 1. The van der Waals surface area contributed by atoms with E-state index in [1.807, 2.05) is 0 Å². The topological polar surface area (TPSA) is 30.0 Å². The zero-order valence-electron chi connectivity index (χ0n) is 7.04. The molecule has 1 aliphatic carbocycles. The van der Waals surface area contributed by atoms with Gasteiger partial charge in [0, 0.05) is 22.9 Å². The number of rotatable bonds is 3. The number of ketones is 1. The third-order valence-corrected chi connectivity index (χ3v) is 3.27. The fraction of sp³-hybridized carbons (Fsp3) is 0.556. The van der Waals surface area contributed by atoms with E-state index in [9.17, 15) is 4.79 Å². The summed E-state index contributed by atoms with van der Waals surface area (Å²) in [6.07, 6.45) is 4.52. The highest BCUT2D eigenvalue weighted by molar-refractivity contribution is 7.09. The molecule has 2 rings (SSSR count). The van der Waals surface area contributed by atoms with Gasteiger partial charge in [-0.15, -0.1) is 11.3 Å². The summed E-state index contributed by atoms with van der Waals surface area (Å²) in [5.41, 5.74) is 1.79. The first-order valence-corrected chi connectivity index (χ1v) is 4.99. The number of hydrogen-bond donors (Lipinski definition) is 0. The molecule has 0 N–H and O–H groups in total. The van der Waals surface area contributed by atoms with Gasteiger partial charge in [0.2, 0.25) is 0 Å². The lowest BCUT2D eigenvalue weighted by molar-refractivity contribution is -0.122. The molecule has 3 heteroatoms. The van der Waals surface area contributed by atoms with E-state index >= 15 is 0 Å². The van der Waals surface area contributed by atoms with Crippen LogP contribution in [0.25, 0.3) is 0 Å². The molecule has 1 aromatic heterocycles. The van der Waals surface area contributed by atoms with Crippen LogP contribution in [0.15, 0.2) is 11.7 Å². The Labute approximate surface area is 75.6 Å². The standard InChI is InChI=1S/C9H11NOS/c1-9(2-3-9)8(11)4-7-5-10-6-12-7/h5-6H,2-4H2,1H3. The monoisotopic (exact) mass is 181 g/mol. The molecule has 0 radical (unpaired) electrons. The molecule has 1 aliphatic rings. The highest BCUT2D eigenvalue weighted by atomic mass is 32.1. The summed E-state index contributed by atoms with van der Waals surface area (Å²) >= 11 is 1.56. The molecule has 2 nitrogen and oxygen atoms in total. The van der Waals surface area contributed by atoms with E-state index < -0.39 is 0 Å². The van der Waals surface area contributed by atoms with Crippen LogP contribution in [-0.2, 0) is 11.2 Å². The molecule has 1 saturated carbocycles. The minimum Gasteiger partial charge on any atom is -0.299 e. The molecule has 1 fully saturated rings. The van der Waals surface area contributed by atoms with Crippen molar-refractivity contribution in [3.8, 4) is 0 Å². The lowest BCUT2D eigenvalue weighted by Gasteiger charge is -2.03. The summed E-state index contributed by atoms with van der Waals surface area (Å²) in [5, 5.41) is 0. The highest BCUT2D eigenvalue weighted by Gasteiger charge is 2.44. The molecule has 0 bridgehead atoms. The second-order valence-corrected chi connectivity index (χ2v) is 4.60. The van der Waals surface area contributed by atoms with Gasteiger partial charge < -0.3 is 0 Å². The van der Waals surface area contributed by atoms with Crippen molar-refractivity contribution in [1.29, 1.82) is 0 Å². The molecule has 64 valence electrons. The lowest BCUT2D eigenvalue weighted by Crippen LogP contribution is -2.13. The third-order valence-electron chi connectivity index (χ3n) is 2.49. The fourth-order valence-corrected chi connectivity index (χ4v) is 1.76. The zero-order chi connectivity index (χ0) is 8.60. The summed E-state index contributed by atoms with van der Waals surface area (Å²) in [5.74, 6) is 0.381. The average molecular weight is 181 g/mol. The zero-order valence-corrected chi connectivity index (χ0v) is 7.86. The molecule has 1 heterocycles. The van der Waals surface area contributed by atoms with Gasteiger partial charge in [-0.3, -0.25) is 9.78 Å². The highest BCUT2D eigenvalue weighted by Crippen LogP contribution is 2.46. The lowest BCUT2D eigenvalue weighted by atomic mass is 10.0. The first-order valence-electron chi connectivity index (χ1n) is 4.11. The van der Waals surface area contributed by atoms with Crippen LogP contribution in [0.1, 0.15) is 24.6 Å². The van der Waals surface area contributed by atoms with Crippen LogP contribution in [0.4, 0.5) is 0 Å². The van der Waals surface area contributed by atoms with Crippen LogP contribution < -0.4 is 0 Å². The number of hydrogen-bond acceptors (Lipinski definition) is 3. The molecule has 1 aromatic rings. The van der Waals surface area contributed by atoms with E-state index in [4.69, 9.17) is 0 Å². The summed E-state index contributed by atoms with van der Waals surface area (Å²) in [7, 11) is 0. The Kier molecular flexibility index (Phi) is 1.76. The average Bonchev–Trinajstić information content (AvgIpc) is 2.63. The molecule has 0 aromatic carbocycles. The van der Waals surface area contributed by atoms with E-state index in [1.165, 1.54) is 0 Å². The Hall–Kier alpha value is -0.700. The van der Waals surface area contributed by atoms with Gasteiger partial charge in [0.15, 0.2) is 0 Å². The summed E-state index contributed by atoms with van der Waals surface area (Å²) in [4.78, 5) is 16.6. The Balaban J connectivity index is 2.00. The largest absolute Gasteiger partial charge is 0.299 e.